The number of carbonyl (C=O) groups is 2. The predicted octanol–water partition coefficient (Wildman–Crippen LogP) is 3.00. The fourth-order valence-corrected chi connectivity index (χ4v) is 4.95. The molecule has 28 heavy (non-hydrogen) atoms. The summed E-state index contributed by atoms with van der Waals surface area (Å²) in [5.41, 5.74) is 0.108. The van der Waals surface area contributed by atoms with Gasteiger partial charge in [-0.1, -0.05) is 20.8 Å². The minimum Gasteiger partial charge on any atom is -0.494 e. The first-order chi connectivity index (χ1) is 13.1. The van der Waals surface area contributed by atoms with Crippen molar-refractivity contribution < 1.29 is 27.9 Å². The molecule has 0 saturated carbocycles. The number of carbonyl (C=O) groups excluding carboxylic acids is 1. The Balaban J connectivity index is 1.80. The SMILES string of the molecule is CC(C)(C)C1CN(CCCCCOc2ccc(C=O)cc2)S(=O)(=O)N1C(=O)O. The largest absolute Gasteiger partial charge is 0.494 e. The number of aldehydes is 1. The van der Waals surface area contributed by atoms with Crippen LogP contribution in [0.3, 0.4) is 0 Å². The number of carboxylic acid groups (broad SMARTS) is 1. The Bertz CT molecular complexity index is 786. The molecule has 1 aliphatic rings. The molecule has 0 bridgehead atoms. The van der Waals surface area contributed by atoms with Gasteiger partial charge < -0.3 is 9.84 Å². The molecule has 8 nitrogen and oxygen atoms in total. The van der Waals surface area contributed by atoms with Crippen LogP contribution in [0.15, 0.2) is 24.3 Å². The maximum atomic E-state index is 12.6. The average molecular weight is 413 g/mol. The average Bonchev–Trinajstić information content (AvgIpc) is 2.89. The van der Waals surface area contributed by atoms with Crippen molar-refractivity contribution in [3.05, 3.63) is 29.8 Å². The van der Waals surface area contributed by atoms with E-state index in [4.69, 9.17) is 4.74 Å². The molecule has 1 heterocycles. The lowest BCUT2D eigenvalue weighted by atomic mass is 9.86. The second kappa shape index (κ2) is 8.91. The lowest BCUT2D eigenvalue weighted by molar-refractivity contribution is 0.112. The van der Waals surface area contributed by atoms with Crippen molar-refractivity contribution in [1.29, 1.82) is 0 Å². The highest BCUT2D eigenvalue weighted by atomic mass is 32.2. The topological polar surface area (TPSA) is 104 Å². The van der Waals surface area contributed by atoms with Gasteiger partial charge in [0.15, 0.2) is 0 Å². The van der Waals surface area contributed by atoms with Crippen molar-refractivity contribution in [2.45, 2.75) is 46.1 Å². The first-order valence-electron chi connectivity index (χ1n) is 9.28. The molecule has 1 N–H and O–H groups in total. The number of rotatable bonds is 8. The highest BCUT2D eigenvalue weighted by Gasteiger charge is 2.50. The van der Waals surface area contributed by atoms with E-state index in [1.54, 1.807) is 24.3 Å². The summed E-state index contributed by atoms with van der Waals surface area (Å²) in [7, 11) is -3.99. The molecule has 1 saturated heterocycles. The van der Waals surface area contributed by atoms with Crippen LogP contribution in [0.25, 0.3) is 0 Å². The van der Waals surface area contributed by atoms with E-state index in [0.29, 0.717) is 28.6 Å². The molecule has 0 radical (unpaired) electrons. The van der Waals surface area contributed by atoms with Crippen LogP contribution in [-0.4, -0.2) is 60.3 Å². The van der Waals surface area contributed by atoms with Crippen molar-refractivity contribution in [2.75, 3.05) is 19.7 Å². The molecule has 1 fully saturated rings. The minimum absolute atomic E-state index is 0.178. The van der Waals surface area contributed by atoms with Gasteiger partial charge in [-0.05, 0) is 48.9 Å². The number of benzene rings is 1. The molecule has 0 aliphatic carbocycles. The third kappa shape index (κ3) is 5.23. The summed E-state index contributed by atoms with van der Waals surface area (Å²) in [5.74, 6) is 0.679. The normalized spacial score (nSPS) is 19.5. The molecule has 9 heteroatoms. The summed E-state index contributed by atoms with van der Waals surface area (Å²) < 4.78 is 32.6. The molecule has 1 aliphatic heterocycles. The molecule has 1 aromatic rings. The lowest BCUT2D eigenvalue weighted by Gasteiger charge is -2.30. The van der Waals surface area contributed by atoms with E-state index in [0.717, 1.165) is 19.1 Å². The Kier molecular flexibility index (Phi) is 7.06. The van der Waals surface area contributed by atoms with Gasteiger partial charge in [-0.15, -0.1) is 0 Å². The van der Waals surface area contributed by atoms with Crippen LogP contribution in [0.5, 0.6) is 5.75 Å². The standard InChI is InChI=1S/C19H28N2O6S/c1-19(2,3)17-13-20(28(25,26)21(17)18(23)24)11-5-4-6-12-27-16-9-7-15(14-22)8-10-16/h7-10,14,17H,4-6,11-13H2,1-3H3,(H,23,24). The van der Waals surface area contributed by atoms with E-state index < -0.39 is 27.8 Å². The number of amides is 1. The van der Waals surface area contributed by atoms with Gasteiger partial charge >= 0.3 is 16.3 Å². The van der Waals surface area contributed by atoms with Crippen molar-refractivity contribution in [3.8, 4) is 5.75 Å². The molecule has 1 unspecified atom stereocenters. The summed E-state index contributed by atoms with van der Waals surface area (Å²) in [5, 5.41) is 9.37. The third-order valence-electron chi connectivity index (χ3n) is 4.76. The van der Waals surface area contributed by atoms with Crippen LogP contribution >= 0.6 is 0 Å². The zero-order chi connectivity index (χ0) is 20.9. The molecule has 2 rings (SSSR count). The van der Waals surface area contributed by atoms with Crippen molar-refractivity contribution in [1.82, 2.24) is 8.61 Å². The van der Waals surface area contributed by atoms with Gasteiger partial charge in [0.2, 0.25) is 0 Å². The van der Waals surface area contributed by atoms with Gasteiger partial charge in [0.1, 0.15) is 12.0 Å². The first kappa shape index (κ1) is 22.2. The lowest BCUT2D eigenvalue weighted by Crippen LogP contribution is -2.45. The van der Waals surface area contributed by atoms with Crippen LogP contribution in [0.1, 0.15) is 50.4 Å². The molecular formula is C19H28N2O6S. The summed E-state index contributed by atoms with van der Waals surface area (Å²) >= 11 is 0. The zero-order valence-corrected chi connectivity index (χ0v) is 17.3. The minimum atomic E-state index is -3.99. The number of ether oxygens (including phenoxy) is 1. The van der Waals surface area contributed by atoms with Gasteiger partial charge in [0.25, 0.3) is 0 Å². The Hall–Kier alpha value is -2.13. The Morgan fingerprint density at radius 3 is 2.36 bits per heavy atom. The fraction of sp³-hybridized carbons (Fsp3) is 0.579. The Labute approximate surface area is 166 Å². The fourth-order valence-electron chi connectivity index (χ4n) is 3.11. The van der Waals surface area contributed by atoms with Gasteiger partial charge in [-0.2, -0.15) is 17.0 Å². The third-order valence-corrected chi connectivity index (χ3v) is 6.65. The van der Waals surface area contributed by atoms with Crippen molar-refractivity contribution >= 4 is 22.6 Å². The van der Waals surface area contributed by atoms with Gasteiger partial charge in [-0.3, -0.25) is 4.79 Å². The van der Waals surface area contributed by atoms with E-state index in [1.165, 1.54) is 4.31 Å². The van der Waals surface area contributed by atoms with Crippen LogP contribution in [0, 0.1) is 5.41 Å². The molecule has 1 amide bonds. The highest BCUT2D eigenvalue weighted by molar-refractivity contribution is 7.87. The van der Waals surface area contributed by atoms with Crippen LogP contribution < -0.4 is 4.74 Å². The van der Waals surface area contributed by atoms with Gasteiger partial charge in [0, 0.05) is 18.7 Å². The van der Waals surface area contributed by atoms with E-state index >= 15 is 0 Å². The predicted molar refractivity (Wildman–Crippen MR) is 105 cm³/mol. The van der Waals surface area contributed by atoms with E-state index in [2.05, 4.69) is 0 Å². The maximum Gasteiger partial charge on any atom is 0.422 e. The van der Waals surface area contributed by atoms with E-state index in [1.807, 2.05) is 20.8 Å². The zero-order valence-electron chi connectivity index (χ0n) is 16.5. The monoisotopic (exact) mass is 412 g/mol. The van der Waals surface area contributed by atoms with E-state index in [-0.39, 0.29) is 13.1 Å². The summed E-state index contributed by atoms with van der Waals surface area (Å²) in [6.07, 6.45) is 1.46. The molecule has 1 atom stereocenters. The first-order valence-corrected chi connectivity index (χ1v) is 10.7. The molecule has 156 valence electrons. The summed E-state index contributed by atoms with van der Waals surface area (Å²) in [6.45, 7) is 6.46. The van der Waals surface area contributed by atoms with Gasteiger partial charge in [-0.25, -0.2) is 4.79 Å². The Morgan fingerprint density at radius 2 is 1.86 bits per heavy atom. The number of unbranched alkanes of at least 4 members (excludes halogenated alkanes) is 2. The molecular weight excluding hydrogens is 384 g/mol. The van der Waals surface area contributed by atoms with Crippen LogP contribution in [0.2, 0.25) is 0 Å². The highest BCUT2D eigenvalue weighted by Crippen LogP contribution is 2.34. The maximum absolute atomic E-state index is 12.6. The second-order valence-corrected chi connectivity index (χ2v) is 9.73. The van der Waals surface area contributed by atoms with E-state index in [9.17, 15) is 23.1 Å². The molecule has 1 aromatic carbocycles. The number of nitrogens with zero attached hydrogens (tertiary/aromatic N) is 2. The second-order valence-electron chi connectivity index (χ2n) is 7.92. The number of hydrogen-bond acceptors (Lipinski definition) is 5. The number of hydrogen-bond donors (Lipinski definition) is 1. The van der Waals surface area contributed by atoms with Crippen LogP contribution in [0.4, 0.5) is 4.79 Å². The smallest absolute Gasteiger partial charge is 0.422 e. The summed E-state index contributed by atoms with van der Waals surface area (Å²) in [6, 6.07) is 6.22. The Morgan fingerprint density at radius 1 is 1.21 bits per heavy atom. The molecule has 0 spiro atoms. The van der Waals surface area contributed by atoms with Gasteiger partial charge in [0.05, 0.1) is 12.6 Å². The van der Waals surface area contributed by atoms with Crippen molar-refractivity contribution in [2.24, 2.45) is 5.41 Å². The van der Waals surface area contributed by atoms with Crippen LogP contribution in [-0.2, 0) is 10.2 Å². The summed E-state index contributed by atoms with van der Waals surface area (Å²) in [4.78, 5) is 22.1. The molecule has 0 aromatic heterocycles. The quantitative estimate of drug-likeness (QED) is 0.520. The van der Waals surface area contributed by atoms with Crippen molar-refractivity contribution in [3.63, 3.8) is 0 Å².